The van der Waals surface area contributed by atoms with Crippen LogP contribution in [0.4, 0.5) is 10.1 Å². The molecular weight excluding hydrogens is 307 g/mol. The van der Waals surface area contributed by atoms with Crippen LogP contribution < -0.4 is 11.1 Å². The van der Waals surface area contributed by atoms with Crippen molar-refractivity contribution in [2.24, 2.45) is 5.73 Å². The molecule has 0 saturated heterocycles. The highest BCUT2D eigenvalue weighted by Gasteiger charge is 2.08. The van der Waals surface area contributed by atoms with Crippen molar-refractivity contribution in [2.45, 2.75) is 19.4 Å². The van der Waals surface area contributed by atoms with Crippen LogP contribution >= 0.6 is 23.8 Å². The Labute approximate surface area is 134 Å². The maximum atomic E-state index is 12.9. The first-order chi connectivity index (χ1) is 9.95. The Bertz CT molecular complexity index is 643. The van der Waals surface area contributed by atoms with Gasteiger partial charge in [-0.3, -0.25) is 0 Å². The Morgan fingerprint density at radius 1 is 1.29 bits per heavy atom. The van der Waals surface area contributed by atoms with Gasteiger partial charge >= 0.3 is 0 Å². The van der Waals surface area contributed by atoms with E-state index in [-0.39, 0.29) is 11.9 Å². The van der Waals surface area contributed by atoms with Crippen LogP contribution in [0.2, 0.25) is 5.02 Å². The van der Waals surface area contributed by atoms with Crippen LogP contribution in [0.1, 0.15) is 18.1 Å². The lowest BCUT2D eigenvalue weighted by molar-refractivity contribution is 0.626. The van der Waals surface area contributed by atoms with Gasteiger partial charge in [0, 0.05) is 11.6 Å². The summed E-state index contributed by atoms with van der Waals surface area (Å²) in [6.07, 6.45) is 0.771. The lowest BCUT2D eigenvalue weighted by Gasteiger charge is -2.17. The van der Waals surface area contributed by atoms with Crippen molar-refractivity contribution >= 4 is 34.5 Å². The normalized spacial score (nSPS) is 12.0. The van der Waals surface area contributed by atoms with E-state index >= 15 is 0 Å². The van der Waals surface area contributed by atoms with Gasteiger partial charge < -0.3 is 11.1 Å². The molecule has 0 spiro atoms. The summed E-state index contributed by atoms with van der Waals surface area (Å²) < 4.78 is 12.9. The summed E-state index contributed by atoms with van der Waals surface area (Å²) in [5.41, 5.74) is 8.20. The second-order valence-electron chi connectivity index (χ2n) is 4.93. The van der Waals surface area contributed by atoms with E-state index in [0.717, 1.165) is 23.2 Å². The molecular formula is C16H16ClFN2S. The topological polar surface area (TPSA) is 38.0 Å². The minimum atomic E-state index is -0.226. The van der Waals surface area contributed by atoms with E-state index in [2.05, 4.69) is 5.32 Å². The summed E-state index contributed by atoms with van der Waals surface area (Å²) in [7, 11) is 0. The maximum absolute atomic E-state index is 12.9. The van der Waals surface area contributed by atoms with Crippen LogP contribution in [0.15, 0.2) is 42.5 Å². The van der Waals surface area contributed by atoms with Crippen molar-refractivity contribution in [1.82, 2.24) is 0 Å². The minimum Gasteiger partial charge on any atom is -0.389 e. The molecule has 0 aromatic heterocycles. The number of rotatable bonds is 5. The van der Waals surface area contributed by atoms with E-state index in [1.54, 1.807) is 18.2 Å². The number of hydrogen-bond donors (Lipinski definition) is 2. The quantitative estimate of drug-likeness (QED) is 0.812. The van der Waals surface area contributed by atoms with Gasteiger partial charge in [0.1, 0.15) is 10.8 Å². The highest BCUT2D eigenvalue weighted by atomic mass is 35.5. The van der Waals surface area contributed by atoms with Crippen molar-refractivity contribution in [3.63, 3.8) is 0 Å². The van der Waals surface area contributed by atoms with Gasteiger partial charge in [0.05, 0.1) is 10.7 Å². The average Bonchev–Trinajstić information content (AvgIpc) is 2.43. The maximum Gasteiger partial charge on any atom is 0.123 e. The summed E-state index contributed by atoms with van der Waals surface area (Å²) in [5.74, 6) is -0.226. The SMILES string of the molecule is CC(Cc1ccc(F)cc1)Nc1ccc(C(N)=S)cc1Cl. The van der Waals surface area contributed by atoms with Crippen LogP contribution in [-0.4, -0.2) is 11.0 Å². The fourth-order valence-corrected chi connectivity index (χ4v) is 2.44. The molecule has 0 bridgehead atoms. The standard InChI is InChI=1S/C16H16ClFN2S/c1-10(8-11-2-5-13(18)6-3-11)20-15-7-4-12(16(19)21)9-14(15)17/h2-7,9-10,20H,8H2,1H3,(H2,19,21). The Hall–Kier alpha value is -1.65. The summed E-state index contributed by atoms with van der Waals surface area (Å²) in [4.78, 5) is 0.322. The number of nitrogens with one attached hydrogen (secondary N) is 1. The molecule has 2 aromatic rings. The van der Waals surface area contributed by atoms with Gasteiger partial charge in [-0.2, -0.15) is 0 Å². The smallest absolute Gasteiger partial charge is 0.123 e. The summed E-state index contributed by atoms with van der Waals surface area (Å²) in [6, 6.07) is 12.1. The molecule has 0 heterocycles. The molecule has 0 aliphatic carbocycles. The number of benzene rings is 2. The fourth-order valence-electron chi connectivity index (χ4n) is 2.08. The molecule has 5 heteroatoms. The Balaban J connectivity index is 2.04. The van der Waals surface area contributed by atoms with Gasteiger partial charge in [-0.05, 0) is 49.2 Å². The molecule has 0 aliphatic rings. The van der Waals surface area contributed by atoms with Gasteiger partial charge in [-0.15, -0.1) is 0 Å². The zero-order chi connectivity index (χ0) is 15.4. The lowest BCUT2D eigenvalue weighted by atomic mass is 10.1. The molecule has 110 valence electrons. The molecule has 2 nitrogen and oxygen atoms in total. The molecule has 1 atom stereocenters. The third-order valence-corrected chi connectivity index (χ3v) is 3.66. The number of nitrogens with two attached hydrogens (primary N) is 1. The summed E-state index contributed by atoms with van der Waals surface area (Å²) >= 11 is 11.1. The fraction of sp³-hybridized carbons (Fsp3) is 0.188. The van der Waals surface area contributed by atoms with Crippen molar-refractivity contribution in [3.05, 3.63) is 64.4 Å². The molecule has 2 aromatic carbocycles. The molecule has 0 fully saturated rings. The Morgan fingerprint density at radius 3 is 2.52 bits per heavy atom. The average molecular weight is 323 g/mol. The van der Waals surface area contributed by atoms with Crippen LogP contribution in [0.25, 0.3) is 0 Å². The first kappa shape index (κ1) is 15.7. The van der Waals surface area contributed by atoms with Crippen molar-refractivity contribution in [1.29, 1.82) is 0 Å². The van der Waals surface area contributed by atoms with Gasteiger partial charge in [-0.1, -0.05) is 36.0 Å². The highest BCUT2D eigenvalue weighted by Crippen LogP contribution is 2.24. The van der Waals surface area contributed by atoms with Crippen molar-refractivity contribution in [3.8, 4) is 0 Å². The van der Waals surface area contributed by atoms with E-state index in [0.29, 0.717) is 10.0 Å². The predicted molar refractivity (Wildman–Crippen MR) is 90.5 cm³/mol. The predicted octanol–water partition coefficient (Wildman–Crippen LogP) is 4.16. The molecule has 0 amide bonds. The number of anilines is 1. The zero-order valence-electron chi connectivity index (χ0n) is 11.6. The molecule has 1 unspecified atom stereocenters. The minimum absolute atomic E-state index is 0.156. The molecule has 2 rings (SSSR count). The van der Waals surface area contributed by atoms with Gasteiger partial charge in [0.25, 0.3) is 0 Å². The molecule has 0 radical (unpaired) electrons. The molecule has 0 saturated carbocycles. The van der Waals surface area contributed by atoms with Crippen LogP contribution in [0, 0.1) is 5.82 Å². The Kier molecular flexibility index (Phi) is 5.15. The van der Waals surface area contributed by atoms with Gasteiger partial charge in [0.15, 0.2) is 0 Å². The van der Waals surface area contributed by atoms with E-state index in [9.17, 15) is 4.39 Å². The van der Waals surface area contributed by atoms with Crippen molar-refractivity contribution in [2.75, 3.05) is 5.32 Å². The molecule has 21 heavy (non-hydrogen) atoms. The van der Waals surface area contributed by atoms with E-state index in [1.807, 2.05) is 19.1 Å². The number of hydrogen-bond acceptors (Lipinski definition) is 2. The lowest BCUT2D eigenvalue weighted by Crippen LogP contribution is -2.18. The van der Waals surface area contributed by atoms with E-state index in [4.69, 9.17) is 29.6 Å². The van der Waals surface area contributed by atoms with Crippen LogP contribution in [0.3, 0.4) is 0 Å². The molecule has 3 N–H and O–H groups in total. The monoisotopic (exact) mass is 322 g/mol. The van der Waals surface area contributed by atoms with Crippen molar-refractivity contribution < 1.29 is 4.39 Å². The third-order valence-electron chi connectivity index (χ3n) is 3.11. The van der Waals surface area contributed by atoms with Crippen LogP contribution in [-0.2, 0) is 6.42 Å². The summed E-state index contributed by atoms with van der Waals surface area (Å²) in [6.45, 7) is 2.04. The second kappa shape index (κ2) is 6.87. The summed E-state index contributed by atoms with van der Waals surface area (Å²) in [5, 5.41) is 3.90. The molecule has 0 aliphatic heterocycles. The largest absolute Gasteiger partial charge is 0.389 e. The van der Waals surface area contributed by atoms with Gasteiger partial charge in [0.2, 0.25) is 0 Å². The van der Waals surface area contributed by atoms with E-state index in [1.165, 1.54) is 12.1 Å². The van der Waals surface area contributed by atoms with E-state index < -0.39 is 0 Å². The van der Waals surface area contributed by atoms with Crippen LogP contribution in [0.5, 0.6) is 0 Å². The van der Waals surface area contributed by atoms with Gasteiger partial charge in [-0.25, -0.2) is 4.39 Å². The third kappa shape index (κ3) is 4.41. The second-order valence-corrected chi connectivity index (χ2v) is 5.78. The number of thiocarbonyl (C=S) groups is 1. The Morgan fingerprint density at radius 2 is 1.95 bits per heavy atom. The first-order valence-corrected chi connectivity index (χ1v) is 7.34. The zero-order valence-corrected chi connectivity index (χ0v) is 13.1. The number of halogens is 2. The first-order valence-electron chi connectivity index (χ1n) is 6.56. The highest BCUT2D eigenvalue weighted by molar-refractivity contribution is 7.80.